The van der Waals surface area contributed by atoms with Gasteiger partial charge in [0, 0.05) is 32.9 Å². The summed E-state index contributed by atoms with van der Waals surface area (Å²) < 4.78 is 0. The minimum Gasteiger partial charge on any atom is -0.375 e. The molecule has 1 saturated heterocycles. The summed E-state index contributed by atoms with van der Waals surface area (Å²) in [6, 6.07) is 12.0. The van der Waals surface area contributed by atoms with Gasteiger partial charge >= 0.3 is 0 Å². The van der Waals surface area contributed by atoms with Crippen LogP contribution in [-0.2, 0) is 11.3 Å². The van der Waals surface area contributed by atoms with Crippen molar-refractivity contribution in [3.63, 3.8) is 0 Å². The van der Waals surface area contributed by atoms with Crippen molar-refractivity contribution in [3.05, 3.63) is 47.7 Å². The summed E-state index contributed by atoms with van der Waals surface area (Å²) in [5.41, 5.74) is 1.37. The normalized spacial score (nSPS) is 15.4. The Hall–Kier alpha value is -2.28. The quantitative estimate of drug-likeness (QED) is 0.630. The molecular weight excluding hydrogens is 262 g/mol. The van der Waals surface area contributed by atoms with Gasteiger partial charge in [-0.05, 0) is 24.8 Å². The van der Waals surface area contributed by atoms with Gasteiger partial charge < -0.3 is 9.80 Å². The van der Waals surface area contributed by atoms with Crippen molar-refractivity contribution in [1.82, 2.24) is 9.80 Å². The van der Waals surface area contributed by atoms with Crippen LogP contribution in [0, 0.1) is 11.3 Å². The molecule has 1 fully saturated rings. The van der Waals surface area contributed by atoms with Crippen molar-refractivity contribution in [2.24, 2.45) is 0 Å². The van der Waals surface area contributed by atoms with Gasteiger partial charge in [-0.25, -0.2) is 0 Å². The predicted octanol–water partition coefficient (Wildman–Crippen LogP) is 2.54. The molecule has 0 radical (unpaired) electrons. The Labute approximate surface area is 126 Å². The second-order valence-corrected chi connectivity index (χ2v) is 5.41. The van der Waals surface area contributed by atoms with E-state index in [2.05, 4.69) is 0 Å². The van der Waals surface area contributed by atoms with E-state index >= 15 is 0 Å². The van der Waals surface area contributed by atoms with E-state index < -0.39 is 0 Å². The molecule has 1 aliphatic heterocycles. The lowest BCUT2D eigenvalue weighted by atomic mass is 10.1. The lowest BCUT2D eigenvalue weighted by Gasteiger charge is -2.26. The summed E-state index contributed by atoms with van der Waals surface area (Å²) in [4.78, 5) is 16.0. The van der Waals surface area contributed by atoms with Crippen LogP contribution < -0.4 is 0 Å². The van der Waals surface area contributed by atoms with E-state index in [0.29, 0.717) is 6.54 Å². The fraction of sp³-hybridized carbons (Fsp3) is 0.412. The third kappa shape index (κ3) is 4.35. The van der Waals surface area contributed by atoms with Crippen LogP contribution in [0.15, 0.2) is 42.1 Å². The molecule has 110 valence electrons. The summed E-state index contributed by atoms with van der Waals surface area (Å²) in [5.74, 6) is -0.142. The van der Waals surface area contributed by atoms with Gasteiger partial charge in [-0.3, -0.25) is 4.79 Å². The third-order valence-corrected chi connectivity index (χ3v) is 3.62. The molecule has 21 heavy (non-hydrogen) atoms. The van der Waals surface area contributed by atoms with Gasteiger partial charge in [0.05, 0.1) is 0 Å². The molecule has 1 aromatic rings. The van der Waals surface area contributed by atoms with Crippen LogP contribution in [0.3, 0.4) is 0 Å². The number of carbonyl (C=O) groups excluding carboxylic acids is 1. The Bertz CT molecular complexity index is 539. The van der Waals surface area contributed by atoms with Crippen molar-refractivity contribution >= 4 is 5.91 Å². The first-order valence-electron chi connectivity index (χ1n) is 7.36. The highest BCUT2D eigenvalue weighted by Crippen LogP contribution is 2.13. The number of rotatable bonds is 4. The topological polar surface area (TPSA) is 47.3 Å². The molecule has 1 aromatic carbocycles. The highest BCUT2D eigenvalue weighted by molar-refractivity contribution is 5.97. The molecule has 0 bridgehead atoms. The van der Waals surface area contributed by atoms with Gasteiger partial charge in [-0.15, -0.1) is 0 Å². The van der Waals surface area contributed by atoms with Crippen LogP contribution in [0.25, 0.3) is 0 Å². The molecule has 2 rings (SSSR count). The van der Waals surface area contributed by atoms with Crippen LogP contribution in [0.5, 0.6) is 0 Å². The second kappa shape index (κ2) is 7.49. The van der Waals surface area contributed by atoms with Crippen LogP contribution in [0.2, 0.25) is 0 Å². The van der Waals surface area contributed by atoms with Crippen molar-refractivity contribution in [2.75, 3.05) is 20.1 Å². The molecule has 0 aliphatic carbocycles. The van der Waals surface area contributed by atoms with E-state index in [-0.39, 0.29) is 11.5 Å². The third-order valence-electron chi connectivity index (χ3n) is 3.62. The van der Waals surface area contributed by atoms with Gasteiger partial charge in [0.25, 0.3) is 5.91 Å². The number of likely N-dealkylation sites (tertiary alicyclic amines) is 1. The number of hydrogen-bond donors (Lipinski definition) is 0. The summed E-state index contributed by atoms with van der Waals surface area (Å²) in [5, 5.41) is 9.25. The van der Waals surface area contributed by atoms with Crippen molar-refractivity contribution in [2.45, 2.75) is 25.8 Å². The zero-order valence-electron chi connectivity index (χ0n) is 12.5. The molecule has 0 aromatic heterocycles. The summed E-state index contributed by atoms with van der Waals surface area (Å²) >= 11 is 0. The Morgan fingerprint density at radius 1 is 1.29 bits per heavy atom. The summed E-state index contributed by atoms with van der Waals surface area (Å²) in [6.45, 7) is 2.21. The van der Waals surface area contributed by atoms with E-state index in [1.54, 1.807) is 11.1 Å². The number of benzene rings is 1. The van der Waals surface area contributed by atoms with Crippen LogP contribution >= 0.6 is 0 Å². The lowest BCUT2D eigenvalue weighted by molar-refractivity contribution is -0.127. The fourth-order valence-electron chi connectivity index (χ4n) is 2.54. The fourth-order valence-corrected chi connectivity index (χ4v) is 2.54. The zero-order valence-corrected chi connectivity index (χ0v) is 12.5. The maximum atomic E-state index is 12.3. The lowest BCUT2D eigenvalue weighted by Crippen LogP contribution is -2.36. The smallest absolute Gasteiger partial charge is 0.266 e. The van der Waals surface area contributed by atoms with E-state index in [9.17, 15) is 10.1 Å². The number of hydrogen-bond acceptors (Lipinski definition) is 3. The van der Waals surface area contributed by atoms with Crippen LogP contribution in [-0.4, -0.2) is 35.8 Å². The van der Waals surface area contributed by atoms with Crippen molar-refractivity contribution in [1.29, 1.82) is 5.26 Å². The maximum absolute atomic E-state index is 12.3. The Morgan fingerprint density at radius 3 is 2.57 bits per heavy atom. The molecule has 0 saturated carbocycles. The molecule has 4 heteroatoms. The first kappa shape index (κ1) is 15.1. The molecule has 4 nitrogen and oxygen atoms in total. The summed E-state index contributed by atoms with van der Waals surface area (Å²) in [6.07, 6.45) is 4.89. The van der Waals surface area contributed by atoms with Crippen molar-refractivity contribution in [3.8, 4) is 6.07 Å². The monoisotopic (exact) mass is 283 g/mol. The first-order valence-corrected chi connectivity index (χ1v) is 7.36. The van der Waals surface area contributed by atoms with Gasteiger partial charge in [-0.1, -0.05) is 30.3 Å². The first-order chi connectivity index (χ1) is 10.2. The highest BCUT2D eigenvalue weighted by Gasteiger charge is 2.20. The van der Waals surface area contributed by atoms with E-state index in [4.69, 9.17) is 0 Å². The standard InChI is InChI=1S/C17H21N3O/c1-19(13-15-8-4-2-5-9-15)14-16(12-18)17(21)20-10-6-3-7-11-20/h2,4-5,8-9,14H,3,6-7,10-11,13H2,1H3/b16-14-. The molecule has 0 N–H and O–H groups in total. The van der Waals surface area contributed by atoms with Gasteiger partial charge in [0.1, 0.15) is 11.6 Å². The Kier molecular flexibility index (Phi) is 5.39. The Balaban J connectivity index is 2.02. The second-order valence-electron chi connectivity index (χ2n) is 5.41. The van der Waals surface area contributed by atoms with Crippen LogP contribution in [0.1, 0.15) is 24.8 Å². The number of nitrogens with zero attached hydrogens (tertiary/aromatic N) is 3. The number of nitriles is 1. The number of amides is 1. The average Bonchev–Trinajstić information content (AvgIpc) is 2.53. The largest absolute Gasteiger partial charge is 0.375 e. The van der Waals surface area contributed by atoms with E-state index in [1.165, 1.54) is 6.42 Å². The molecule has 0 atom stereocenters. The van der Waals surface area contributed by atoms with E-state index in [0.717, 1.165) is 31.5 Å². The Morgan fingerprint density at radius 2 is 1.95 bits per heavy atom. The molecule has 1 amide bonds. The minimum absolute atomic E-state index is 0.142. The SMILES string of the molecule is CN(/C=C(/C#N)C(=O)N1CCCCC1)Cc1ccccc1. The average molecular weight is 283 g/mol. The summed E-state index contributed by atoms with van der Waals surface area (Å²) in [7, 11) is 1.88. The molecular formula is C17H21N3O. The molecule has 0 unspecified atom stereocenters. The maximum Gasteiger partial charge on any atom is 0.266 e. The van der Waals surface area contributed by atoms with E-state index in [1.807, 2.05) is 48.3 Å². The minimum atomic E-state index is -0.142. The molecule has 1 heterocycles. The molecule has 0 spiro atoms. The van der Waals surface area contributed by atoms with Gasteiger partial charge in [0.2, 0.25) is 0 Å². The number of carbonyl (C=O) groups is 1. The number of piperidine rings is 1. The highest BCUT2D eigenvalue weighted by atomic mass is 16.2. The van der Waals surface area contributed by atoms with Gasteiger partial charge in [0.15, 0.2) is 0 Å². The van der Waals surface area contributed by atoms with Crippen LogP contribution in [0.4, 0.5) is 0 Å². The predicted molar refractivity (Wildman–Crippen MR) is 82.0 cm³/mol. The molecule has 1 aliphatic rings. The van der Waals surface area contributed by atoms with Gasteiger partial charge in [-0.2, -0.15) is 5.26 Å². The van der Waals surface area contributed by atoms with Crippen molar-refractivity contribution < 1.29 is 4.79 Å². The zero-order chi connectivity index (χ0) is 15.1.